The third kappa shape index (κ3) is 3.60. The van der Waals surface area contributed by atoms with Crippen LogP contribution in [0.3, 0.4) is 0 Å². The molecule has 1 amide bonds. The molecule has 1 aromatic carbocycles. The van der Waals surface area contributed by atoms with Gasteiger partial charge in [-0.3, -0.25) is 9.69 Å². The Labute approximate surface area is 158 Å². The molecule has 1 fully saturated rings. The molecule has 0 unspecified atom stereocenters. The van der Waals surface area contributed by atoms with Crippen molar-refractivity contribution in [2.24, 2.45) is 0 Å². The Kier molecular flexibility index (Phi) is 4.94. The van der Waals surface area contributed by atoms with Crippen molar-refractivity contribution in [3.8, 4) is 5.75 Å². The molecule has 2 aromatic rings. The zero-order valence-corrected chi connectivity index (χ0v) is 15.4. The Morgan fingerprint density at radius 3 is 3.04 bits per heavy atom. The van der Waals surface area contributed by atoms with Crippen molar-refractivity contribution < 1.29 is 14.6 Å². The zero-order chi connectivity index (χ0) is 18.8. The van der Waals surface area contributed by atoms with Crippen LogP contribution in [0.4, 0.5) is 11.8 Å². The molecule has 2 atom stereocenters. The maximum absolute atomic E-state index is 13.0. The SMILES string of the molecule is CCN(C(=O)c1ccc2c(c1)CCO2)c1ccnc(N[C@H]2CCC[C@@H]2O)n1. The van der Waals surface area contributed by atoms with E-state index in [2.05, 4.69) is 15.3 Å². The number of carbonyl (C=O) groups is 1. The van der Waals surface area contributed by atoms with Gasteiger partial charge >= 0.3 is 0 Å². The Morgan fingerprint density at radius 1 is 1.37 bits per heavy atom. The monoisotopic (exact) mass is 368 g/mol. The van der Waals surface area contributed by atoms with Crippen LogP contribution in [0.5, 0.6) is 5.75 Å². The third-order valence-electron chi connectivity index (χ3n) is 5.21. The summed E-state index contributed by atoms with van der Waals surface area (Å²) in [5, 5.41) is 13.2. The molecule has 0 bridgehead atoms. The van der Waals surface area contributed by atoms with Gasteiger partial charge in [0.15, 0.2) is 0 Å². The van der Waals surface area contributed by atoms with E-state index >= 15 is 0 Å². The molecule has 7 nitrogen and oxygen atoms in total. The van der Waals surface area contributed by atoms with Crippen molar-refractivity contribution in [1.29, 1.82) is 0 Å². The fourth-order valence-electron chi connectivity index (χ4n) is 3.73. The number of rotatable bonds is 5. The lowest BCUT2D eigenvalue weighted by molar-refractivity contribution is 0.0987. The van der Waals surface area contributed by atoms with Crippen LogP contribution >= 0.6 is 0 Å². The third-order valence-corrected chi connectivity index (χ3v) is 5.21. The summed E-state index contributed by atoms with van der Waals surface area (Å²) >= 11 is 0. The van der Waals surface area contributed by atoms with E-state index in [1.54, 1.807) is 23.2 Å². The van der Waals surface area contributed by atoms with Crippen molar-refractivity contribution in [3.63, 3.8) is 0 Å². The van der Waals surface area contributed by atoms with Gasteiger partial charge in [-0.25, -0.2) is 4.98 Å². The van der Waals surface area contributed by atoms with Crippen molar-refractivity contribution in [2.45, 2.75) is 44.8 Å². The minimum Gasteiger partial charge on any atom is -0.493 e. The number of aliphatic hydroxyl groups excluding tert-OH is 1. The number of hydrogen-bond donors (Lipinski definition) is 2. The molecule has 2 N–H and O–H groups in total. The number of nitrogens with zero attached hydrogens (tertiary/aromatic N) is 3. The van der Waals surface area contributed by atoms with Gasteiger partial charge in [0, 0.05) is 24.7 Å². The van der Waals surface area contributed by atoms with Crippen LogP contribution in [-0.4, -0.2) is 46.3 Å². The lowest BCUT2D eigenvalue weighted by Gasteiger charge is -2.22. The first kappa shape index (κ1) is 17.7. The van der Waals surface area contributed by atoms with Gasteiger partial charge in [0.25, 0.3) is 5.91 Å². The maximum atomic E-state index is 13.0. The van der Waals surface area contributed by atoms with Crippen molar-refractivity contribution >= 4 is 17.7 Å². The van der Waals surface area contributed by atoms with E-state index in [0.29, 0.717) is 30.5 Å². The van der Waals surface area contributed by atoms with Gasteiger partial charge < -0.3 is 15.2 Å². The first-order chi connectivity index (χ1) is 13.2. The fourth-order valence-corrected chi connectivity index (χ4v) is 3.73. The average molecular weight is 368 g/mol. The lowest BCUT2D eigenvalue weighted by Crippen LogP contribution is -2.32. The van der Waals surface area contributed by atoms with Gasteiger partial charge in [-0.2, -0.15) is 4.98 Å². The quantitative estimate of drug-likeness (QED) is 0.843. The number of anilines is 2. The van der Waals surface area contributed by atoms with Crippen LogP contribution in [0, 0.1) is 0 Å². The molecule has 0 saturated heterocycles. The Hall–Kier alpha value is -2.67. The molecular weight excluding hydrogens is 344 g/mol. The molecule has 2 heterocycles. The number of benzene rings is 1. The Bertz CT molecular complexity index is 842. The molecule has 27 heavy (non-hydrogen) atoms. The first-order valence-electron chi connectivity index (χ1n) is 9.51. The Morgan fingerprint density at radius 2 is 2.26 bits per heavy atom. The standard InChI is InChI=1S/C20H24N4O3/c1-2-24(19(26)14-6-7-17-13(12-14)9-11-27-17)18-8-10-21-20(23-18)22-15-4-3-5-16(15)25/h6-8,10,12,15-16,25H,2-5,9,11H2,1H3,(H,21,22,23)/t15-,16-/m0/s1. The number of aromatic nitrogens is 2. The van der Waals surface area contributed by atoms with Gasteiger partial charge in [-0.1, -0.05) is 0 Å². The smallest absolute Gasteiger partial charge is 0.259 e. The summed E-state index contributed by atoms with van der Waals surface area (Å²) in [5.74, 6) is 1.74. The molecule has 1 saturated carbocycles. The molecule has 0 radical (unpaired) electrons. The molecule has 2 aliphatic rings. The van der Waals surface area contributed by atoms with Crippen molar-refractivity contribution in [1.82, 2.24) is 9.97 Å². The minimum absolute atomic E-state index is 0.0391. The predicted molar refractivity (Wildman–Crippen MR) is 102 cm³/mol. The van der Waals surface area contributed by atoms with Gasteiger partial charge in [0.05, 0.1) is 18.8 Å². The summed E-state index contributed by atoms with van der Waals surface area (Å²) in [5.41, 5.74) is 1.69. The van der Waals surface area contributed by atoms with Crippen LogP contribution in [0.2, 0.25) is 0 Å². The number of fused-ring (bicyclic) bond motifs is 1. The van der Waals surface area contributed by atoms with E-state index in [1.807, 2.05) is 19.1 Å². The number of carbonyl (C=O) groups excluding carboxylic acids is 1. The molecule has 1 aliphatic carbocycles. The maximum Gasteiger partial charge on any atom is 0.259 e. The Balaban J connectivity index is 1.55. The zero-order valence-electron chi connectivity index (χ0n) is 15.4. The molecule has 4 rings (SSSR count). The van der Waals surface area contributed by atoms with E-state index in [-0.39, 0.29) is 18.1 Å². The van der Waals surface area contributed by atoms with E-state index in [0.717, 1.165) is 37.0 Å². The molecule has 1 aliphatic heterocycles. The van der Waals surface area contributed by atoms with Crippen molar-refractivity contribution in [2.75, 3.05) is 23.4 Å². The summed E-state index contributed by atoms with van der Waals surface area (Å²) in [7, 11) is 0. The second-order valence-electron chi connectivity index (χ2n) is 6.96. The second-order valence-corrected chi connectivity index (χ2v) is 6.96. The van der Waals surface area contributed by atoms with Crippen LogP contribution in [-0.2, 0) is 6.42 Å². The lowest BCUT2D eigenvalue weighted by atomic mass is 10.1. The molecule has 7 heteroatoms. The molecule has 0 spiro atoms. The van der Waals surface area contributed by atoms with Gasteiger partial charge in [0.2, 0.25) is 5.95 Å². The number of hydrogen-bond acceptors (Lipinski definition) is 6. The van der Waals surface area contributed by atoms with E-state index in [1.165, 1.54) is 0 Å². The first-order valence-corrected chi connectivity index (χ1v) is 9.51. The second kappa shape index (κ2) is 7.52. The van der Waals surface area contributed by atoms with Gasteiger partial charge in [-0.15, -0.1) is 0 Å². The highest BCUT2D eigenvalue weighted by Crippen LogP contribution is 2.27. The van der Waals surface area contributed by atoms with E-state index in [4.69, 9.17) is 4.74 Å². The summed E-state index contributed by atoms with van der Waals surface area (Å²) in [6.45, 7) is 3.08. The number of nitrogens with one attached hydrogen (secondary N) is 1. The number of aliphatic hydroxyl groups is 1. The number of amides is 1. The van der Waals surface area contributed by atoms with Crippen LogP contribution in [0.1, 0.15) is 42.1 Å². The molecule has 1 aromatic heterocycles. The summed E-state index contributed by atoms with van der Waals surface area (Å²) in [6, 6.07) is 7.25. The highest BCUT2D eigenvalue weighted by atomic mass is 16.5. The highest BCUT2D eigenvalue weighted by Gasteiger charge is 2.26. The molecule has 142 valence electrons. The van der Waals surface area contributed by atoms with Crippen molar-refractivity contribution in [3.05, 3.63) is 41.6 Å². The normalized spacial score (nSPS) is 20.8. The number of ether oxygens (including phenoxy) is 1. The largest absolute Gasteiger partial charge is 0.493 e. The van der Waals surface area contributed by atoms with Crippen LogP contribution in [0.25, 0.3) is 0 Å². The fraction of sp³-hybridized carbons (Fsp3) is 0.450. The minimum atomic E-state index is -0.380. The summed E-state index contributed by atoms with van der Waals surface area (Å²) < 4.78 is 5.52. The van der Waals surface area contributed by atoms with Crippen LogP contribution < -0.4 is 15.0 Å². The predicted octanol–water partition coefficient (Wildman–Crippen LogP) is 2.40. The summed E-state index contributed by atoms with van der Waals surface area (Å²) in [6.07, 6.45) is 4.75. The van der Waals surface area contributed by atoms with Gasteiger partial charge in [-0.05, 0) is 56.0 Å². The van der Waals surface area contributed by atoms with E-state index in [9.17, 15) is 9.90 Å². The average Bonchev–Trinajstić information content (AvgIpc) is 3.31. The highest BCUT2D eigenvalue weighted by molar-refractivity contribution is 6.05. The van der Waals surface area contributed by atoms with E-state index < -0.39 is 0 Å². The molecular formula is C20H24N4O3. The van der Waals surface area contributed by atoms with Crippen LogP contribution in [0.15, 0.2) is 30.5 Å². The topological polar surface area (TPSA) is 87.6 Å². The van der Waals surface area contributed by atoms with Gasteiger partial charge in [0.1, 0.15) is 11.6 Å². The summed E-state index contributed by atoms with van der Waals surface area (Å²) in [4.78, 5) is 23.4.